The molecule has 5 heavy (non-hydrogen) atoms. The van der Waals surface area contributed by atoms with E-state index in [2.05, 4.69) is 4.74 Å². The predicted octanol–water partition coefficient (Wildman–Crippen LogP) is -0.493. The number of hydrogen-bond acceptors (Lipinski definition) is 2. The summed E-state index contributed by atoms with van der Waals surface area (Å²) >= 11 is 0. The molecule has 26 valence electrons. The topological polar surface area (TPSA) is 46.2 Å². The van der Waals surface area contributed by atoms with Gasteiger partial charge in [-0.3, -0.25) is 0 Å². The van der Waals surface area contributed by atoms with Crippen LogP contribution < -0.4 is 0 Å². The normalized spacial score (nSPS) is 4.60. The molecule has 0 aliphatic carbocycles. The van der Waals surface area contributed by atoms with Gasteiger partial charge in [0.25, 0.3) is 0 Å². The Morgan fingerprint density at radius 3 is 2.60 bits per heavy atom. The van der Waals surface area contributed by atoms with Gasteiger partial charge in [0.1, 0.15) is 0 Å². The minimum absolute atomic E-state index is 0.00694. The van der Waals surface area contributed by atoms with Gasteiger partial charge in [0, 0.05) is 0 Å². The molecule has 3 nitrogen and oxygen atoms in total. The Hall–Kier alpha value is -0.790. The van der Waals surface area contributed by atoms with Crippen LogP contribution in [0.3, 0.4) is 0 Å². The van der Waals surface area contributed by atoms with E-state index in [-0.39, 0.29) is 6.47 Å². The zero-order valence-electron chi connectivity index (χ0n) is 2.30. The van der Waals surface area contributed by atoms with Crippen molar-refractivity contribution in [3.63, 3.8) is 0 Å². The summed E-state index contributed by atoms with van der Waals surface area (Å²) in [7, 11) is 0. The van der Waals surface area contributed by atoms with E-state index in [0.717, 1.165) is 6.33 Å². The summed E-state index contributed by atoms with van der Waals surface area (Å²) in [6.07, 6.45) is 0.899. The Balaban J connectivity index is 2.75. The average Bonchev–Trinajstić information content (AvgIpc) is 1.41. The fourth-order valence-electron chi connectivity index (χ4n) is 0.0196. The molecule has 0 bridgehead atoms. The summed E-state index contributed by atoms with van der Waals surface area (Å²) < 4.78 is 12.2. The molecular formula is C2HO3+. The third kappa shape index (κ3) is 3.21. The summed E-state index contributed by atoms with van der Waals surface area (Å²) in [5.41, 5.74) is 0. The van der Waals surface area contributed by atoms with Gasteiger partial charge < -0.3 is 0 Å². The SMILES string of the molecule is O=COC#[O+]. The number of hydrogen-bond donors (Lipinski definition) is 0. The molecule has 0 aromatic carbocycles. The van der Waals surface area contributed by atoms with Gasteiger partial charge in [0.05, 0.1) is 0 Å². The van der Waals surface area contributed by atoms with Crippen LogP contribution in [0.4, 0.5) is 0 Å². The quantitative estimate of drug-likeness (QED) is 0.310. The van der Waals surface area contributed by atoms with E-state index in [9.17, 15) is 0 Å². The fraction of sp³-hybridized carbons (Fsp3) is 0. The zero-order valence-corrected chi connectivity index (χ0v) is 2.30. The van der Waals surface area contributed by atoms with Gasteiger partial charge in [0.2, 0.25) is 0 Å². The van der Waals surface area contributed by atoms with Crippen molar-refractivity contribution < 1.29 is 14.2 Å². The second kappa shape index (κ2) is 3.21. The van der Waals surface area contributed by atoms with Crippen LogP contribution in [0.25, 0.3) is 0 Å². The molecule has 0 heterocycles. The Morgan fingerprint density at radius 2 is 2.60 bits per heavy atom. The van der Waals surface area contributed by atoms with Gasteiger partial charge in [-0.05, 0) is 0 Å². The van der Waals surface area contributed by atoms with Crippen LogP contribution in [-0.2, 0) is 14.2 Å². The summed E-state index contributed by atoms with van der Waals surface area (Å²) in [6, 6.07) is 0. The van der Waals surface area contributed by atoms with Crippen molar-refractivity contribution >= 4 is 6.47 Å². The molecule has 0 N–H and O–H groups in total. The molecule has 0 atom stereocenters. The van der Waals surface area contributed by atoms with Crippen LogP contribution >= 0.6 is 0 Å². The monoisotopic (exact) mass is 73.0 g/mol. The standard InChI is InChI=1S/C2HO3/c3-1-5-2-4/h1H/q+1. The van der Waals surface area contributed by atoms with Gasteiger partial charge in [-0.25, -0.2) is 0 Å². The summed E-state index contributed by atoms with van der Waals surface area (Å²) in [5.74, 6) is 0. The van der Waals surface area contributed by atoms with Crippen LogP contribution in [-0.4, -0.2) is 6.47 Å². The first-order chi connectivity index (χ1) is 2.41. The van der Waals surface area contributed by atoms with Crippen molar-refractivity contribution in [1.82, 2.24) is 0 Å². The molecule has 0 fully saturated rings. The molecule has 0 radical (unpaired) electrons. The molecule has 0 rings (SSSR count). The zero-order chi connectivity index (χ0) is 4.12. The van der Waals surface area contributed by atoms with Gasteiger partial charge in [-0.1, -0.05) is 0 Å². The average molecular weight is 73.0 g/mol. The molecule has 0 aliphatic rings. The second-order valence-corrected chi connectivity index (χ2v) is 0.297. The maximum absolute atomic E-state index is 8.92. The van der Waals surface area contributed by atoms with Crippen molar-refractivity contribution in [2.45, 2.75) is 0 Å². The summed E-state index contributed by atoms with van der Waals surface area (Å²) in [6.45, 7) is 0.00694. The van der Waals surface area contributed by atoms with Gasteiger partial charge in [0.15, 0.2) is 0 Å². The van der Waals surface area contributed by atoms with Gasteiger partial charge in [-0.2, -0.15) is 0 Å². The Kier molecular flexibility index (Phi) is 2.70. The van der Waals surface area contributed by atoms with Gasteiger partial charge >= 0.3 is 27.0 Å². The van der Waals surface area contributed by atoms with Crippen molar-refractivity contribution in [2.75, 3.05) is 0 Å². The molecule has 0 saturated carbocycles. The molecule has 0 amide bonds. The number of rotatable bonds is 1. The van der Waals surface area contributed by atoms with E-state index in [0.29, 0.717) is 0 Å². The van der Waals surface area contributed by atoms with Crippen LogP contribution in [0.2, 0.25) is 0 Å². The third-order valence-electron chi connectivity index (χ3n) is 0.0962. The van der Waals surface area contributed by atoms with Crippen molar-refractivity contribution in [2.24, 2.45) is 0 Å². The molecule has 0 aliphatic heterocycles. The van der Waals surface area contributed by atoms with E-state index >= 15 is 0 Å². The number of ether oxygens (including phenoxy) is 1. The first-order valence-electron chi connectivity index (χ1n) is 0.880. The van der Waals surface area contributed by atoms with Crippen molar-refractivity contribution in [1.29, 1.82) is 0 Å². The summed E-state index contributed by atoms with van der Waals surface area (Å²) in [4.78, 5) is 8.92. The molecule has 0 aromatic rings. The van der Waals surface area contributed by atoms with E-state index in [1.807, 2.05) is 0 Å². The Bertz CT molecular complexity index is 59.8. The fourth-order valence-corrected chi connectivity index (χ4v) is 0.0196. The number of carbonyl (C=O) groups excluding carboxylic acids is 1. The molecular weight excluding hydrogens is 72.0 g/mol. The van der Waals surface area contributed by atoms with Crippen LogP contribution in [0, 0.1) is 6.33 Å². The molecule has 0 aromatic heterocycles. The van der Waals surface area contributed by atoms with Crippen LogP contribution in [0.1, 0.15) is 0 Å². The van der Waals surface area contributed by atoms with E-state index in [1.54, 1.807) is 0 Å². The van der Waals surface area contributed by atoms with E-state index < -0.39 is 0 Å². The first kappa shape index (κ1) is 4.21. The maximum atomic E-state index is 8.92. The first-order valence-corrected chi connectivity index (χ1v) is 0.880. The third-order valence-corrected chi connectivity index (χ3v) is 0.0962. The van der Waals surface area contributed by atoms with Crippen LogP contribution in [0.15, 0.2) is 0 Å². The Morgan fingerprint density at radius 1 is 2.00 bits per heavy atom. The second-order valence-electron chi connectivity index (χ2n) is 0.297. The van der Waals surface area contributed by atoms with E-state index in [4.69, 9.17) is 9.45 Å². The molecule has 0 saturated heterocycles. The van der Waals surface area contributed by atoms with E-state index in [1.165, 1.54) is 0 Å². The minimum atomic E-state index is 0.00694. The van der Waals surface area contributed by atoms with Crippen LogP contribution in [0.5, 0.6) is 0 Å². The van der Waals surface area contributed by atoms with Crippen molar-refractivity contribution in [3.8, 4) is 6.33 Å². The summed E-state index contributed by atoms with van der Waals surface area (Å²) in [5, 5.41) is 0. The van der Waals surface area contributed by atoms with Gasteiger partial charge in [-0.15, -0.1) is 0 Å². The Labute approximate surface area is 28.3 Å². The molecule has 3 heteroatoms. The van der Waals surface area contributed by atoms with Crippen molar-refractivity contribution in [3.05, 3.63) is 0 Å². The molecule has 0 spiro atoms. The number of carbonyl (C=O) groups is 1. The molecule has 0 unspecified atom stereocenters. The predicted molar refractivity (Wildman–Crippen MR) is 11.7 cm³/mol.